The van der Waals surface area contributed by atoms with Gasteiger partial charge in [0.05, 0.1) is 25.2 Å². The molecule has 0 spiro atoms. The van der Waals surface area contributed by atoms with Gasteiger partial charge in [0, 0.05) is 23.9 Å². The van der Waals surface area contributed by atoms with Gasteiger partial charge in [0.15, 0.2) is 0 Å². The lowest BCUT2D eigenvalue weighted by molar-refractivity contribution is 0.0601. The van der Waals surface area contributed by atoms with E-state index in [1.54, 1.807) is 13.2 Å². The third-order valence-corrected chi connectivity index (χ3v) is 6.81. The molecule has 0 aliphatic carbocycles. The van der Waals surface area contributed by atoms with E-state index in [1.165, 1.54) is 39.5 Å². The van der Waals surface area contributed by atoms with Crippen molar-refractivity contribution in [3.8, 4) is 5.75 Å². The summed E-state index contributed by atoms with van der Waals surface area (Å²) in [6.45, 7) is 4.32. The Morgan fingerprint density at radius 2 is 1.94 bits per heavy atom. The van der Waals surface area contributed by atoms with Gasteiger partial charge in [-0.15, -0.1) is 0 Å². The molecule has 1 saturated heterocycles. The molecule has 4 aromatic rings. The predicted molar refractivity (Wildman–Crippen MR) is 142 cm³/mol. The first-order chi connectivity index (χ1) is 17.6. The minimum atomic E-state index is -0.364. The molecule has 2 aromatic carbocycles. The average Bonchev–Trinajstić information content (AvgIpc) is 3.29. The van der Waals surface area contributed by atoms with E-state index >= 15 is 0 Å². The van der Waals surface area contributed by atoms with Crippen LogP contribution in [0.1, 0.15) is 47.4 Å². The van der Waals surface area contributed by atoms with Gasteiger partial charge in [-0.25, -0.2) is 14.8 Å². The number of hydrogen-bond donors (Lipinski definition) is 2. The largest absolute Gasteiger partial charge is 0.497 e. The highest BCUT2D eigenvalue weighted by Gasteiger charge is 2.17. The number of nitrogens with zero attached hydrogens (tertiary/aromatic N) is 3. The van der Waals surface area contributed by atoms with E-state index in [4.69, 9.17) is 19.4 Å². The Bertz CT molecular complexity index is 1360. The Labute approximate surface area is 211 Å². The summed E-state index contributed by atoms with van der Waals surface area (Å²) in [5.41, 5.74) is 3.15. The highest BCUT2D eigenvalue weighted by molar-refractivity contribution is 6.12. The zero-order valence-electron chi connectivity index (χ0n) is 21.0. The Hall–Kier alpha value is -3.65. The van der Waals surface area contributed by atoms with Crippen LogP contribution < -0.4 is 10.1 Å². The Balaban J connectivity index is 1.45. The van der Waals surface area contributed by atoms with E-state index in [-0.39, 0.29) is 5.97 Å². The number of methoxy groups -OCH3 is 2. The highest BCUT2D eigenvalue weighted by atomic mass is 16.5. The predicted octanol–water partition coefficient (Wildman–Crippen LogP) is 4.79. The molecule has 8 heteroatoms. The average molecular weight is 488 g/mol. The first-order valence-electron chi connectivity index (χ1n) is 12.6. The number of fused-ring (bicyclic) bond motifs is 3. The smallest absolute Gasteiger partial charge is 0.337 e. The molecule has 0 amide bonds. The van der Waals surface area contributed by atoms with Crippen LogP contribution in [0.15, 0.2) is 42.5 Å². The molecule has 2 N–H and O–H groups in total. The first kappa shape index (κ1) is 24.1. The number of hydrogen-bond acceptors (Lipinski definition) is 7. The molecule has 188 valence electrons. The SMILES string of the molecule is COC(=O)c1ccc2c(c1)[nH]c1nc(Cc3cccc(OC)c3)nc(NCCCN3CCCCC3)c12. The lowest BCUT2D eigenvalue weighted by Crippen LogP contribution is -2.31. The maximum atomic E-state index is 12.1. The maximum absolute atomic E-state index is 12.1. The number of aromatic nitrogens is 3. The van der Waals surface area contributed by atoms with Gasteiger partial charge in [-0.05, 0) is 68.7 Å². The van der Waals surface area contributed by atoms with Crippen molar-refractivity contribution in [2.75, 3.05) is 45.7 Å². The van der Waals surface area contributed by atoms with Crippen molar-refractivity contribution in [3.05, 3.63) is 59.4 Å². The van der Waals surface area contributed by atoms with Gasteiger partial charge in [0.1, 0.15) is 23.0 Å². The Kier molecular flexibility index (Phi) is 7.32. The molecule has 0 atom stereocenters. The van der Waals surface area contributed by atoms with Crippen LogP contribution in [0.2, 0.25) is 0 Å². The van der Waals surface area contributed by atoms with E-state index in [2.05, 4.69) is 21.3 Å². The van der Waals surface area contributed by atoms with Crippen molar-refractivity contribution in [1.29, 1.82) is 0 Å². The number of ether oxygens (including phenoxy) is 2. The van der Waals surface area contributed by atoms with Gasteiger partial charge in [-0.1, -0.05) is 24.6 Å². The molecule has 0 saturated carbocycles. The van der Waals surface area contributed by atoms with Crippen molar-refractivity contribution in [2.24, 2.45) is 0 Å². The minimum absolute atomic E-state index is 0.364. The molecule has 5 rings (SSSR count). The number of nitrogens with one attached hydrogen (secondary N) is 2. The van der Waals surface area contributed by atoms with E-state index in [0.717, 1.165) is 58.6 Å². The van der Waals surface area contributed by atoms with E-state index in [0.29, 0.717) is 17.8 Å². The van der Waals surface area contributed by atoms with Gasteiger partial charge >= 0.3 is 5.97 Å². The summed E-state index contributed by atoms with van der Waals surface area (Å²) < 4.78 is 10.3. The molecule has 0 unspecified atom stereocenters. The summed E-state index contributed by atoms with van der Waals surface area (Å²) >= 11 is 0. The maximum Gasteiger partial charge on any atom is 0.337 e. The fraction of sp³-hybridized carbons (Fsp3) is 0.393. The minimum Gasteiger partial charge on any atom is -0.497 e. The number of rotatable bonds is 9. The molecule has 1 aliphatic heterocycles. The van der Waals surface area contributed by atoms with E-state index in [9.17, 15) is 4.79 Å². The molecule has 3 heterocycles. The number of benzene rings is 2. The fourth-order valence-electron chi connectivity index (χ4n) is 4.96. The Morgan fingerprint density at radius 3 is 2.75 bits per heavy atom. The standard InChI is InChI=1S/C28H33N5O3/c1-35-21-9-6-8-19(16-21)17-24-31-26(29-12-7-15-33-13-4-3-5-14-33)25-22-11-10-20(28(34)36-2)18-23(22)30-27(25)32-24/h6,8-11,16,18H,3-5,7,12-15,17H2,1-2H3,(H2,29,30,31,32). The van der Waals surface area contributed by atoms with Gasteiger partial charge in [0.25, 0.3) is 0 Å². The molecular formula is C28H33N5O3. The Morgan fingerprint density at radius 1 is 1.08 bits per heavy atom. The van der Waals surface area contributed by atoms with Gasteiger partial charge in [0.2, 0.25) is 0 Å². The van der Waals surface area contributed by atoms with Gasteiger partial charge < -0.3 is 24.7 Å². The number of piperidine rings is 1. The zero-order valence-corrected chi connectivity index (χ0v) is 21.0. The van der Waals surface area contributed by atoms with Crippen LogP contribution >= 0.6 is 0 Å². The molecule has 8 nitrogen and oxygen atoms in total. The van der Waals surface area contributed by atoms with Crippen LogP contribution in [-0.4, -0.2) is 66.2 Å². The van der Waals surface area contributed by atoms with Crippen molar-refractivity contribution < 1.29 is 14.3 Å². The van der Waals surface area contributed by atoms with Crippen LogP contribution in [0.5, 0.6) is 5.75 Å². The second-order valence-corrected chi connectivity index (χ2v) is 9.30. The summed E-state index contributed by atoms with van der Waals surface area (Å²) in [6, 6.07) is 13.5. The summed E-state index contributed by atoms with van der Waals surface area (Å²) in [6.07, 6.45) is 5.58. The number of likely N-dealkylation sites (tertiary alicyclic amines) is 1. The topological polar surface area (TPSA) is 92.4 Å². The fourth-order valence-corrected chi connectivity index (χ4v) is 4.96. The van der Waals surface area contributed by atoms with E-state index in [1.807, 2.05) is 30.3 Å². The van der Waals surface area contributed by atoms with Crippen LogP contribution in [-0.2, 0) is 11.2 Å². The monoisotopic (exact) mass is 487 g/mol. The normalized spacial score (nSPS) is 14.3. The molecule has 0 bridgehead atoms. The summed E-state index contributed by atoms with van der Waals surface area (Å²) in [4.78, 5) is 27.8. The summed E-state index contributed by atoms with van der Waals surface area (Å²) in [5, 5.41) is 5.50. The molecular weight excluding hydrogens is 454 g/mol. The quantitative estimate of drug-likeness (QED) is 0.259. The van der Waals surface area contributed by atoms with Crippen LogP contribution in [0, 0.1) is 0 Å². The summed E-state index contributed by atoms with van der Waals surface area (Å²) in [7, 11) is 3.06. The van der Waals surface area contributed by atoms with Crippen molar-refractivity contribution in [3.63, 3.8) is 0 Å². The number of H-pyrrole nitrogens is 1. The number of aromatic amines is 1. The molecule has 1 fully saturated rings. The van der Waals surface area contributed by atoms with E-state index < -0.39 is 0 Å². The van der Waals surface area contributed by atoms with Crippen molar-refractivity contribution >= 4 is 33.7 Å². The third-order valence-electron chi connectivity index (χ3n) is 6.81. The third kappa shape index (κ3) is 5.28. The lowest BCUT2D eigenvalue weighted by Gasteiger charge is -2.26. The van der Waals surface area contributed by atoms with Crippen molar-refractivity contribution in [1.82, 2.24) is 19.9 Å². The number of anilines is 1. The number of carbonyl (C=O) groups is 1. The molecule has 2 aromatic heterocycles. The number of esters is 1. The van der Waals surface area contributed by atoms with Crippen LogP contribution in [0.4, 0.5) is 5.82 Å². The van der Waals surface area contributed by atoms with Gasteiger partial charge in [-0.2, -0.15) is 0 Å². The molecule has 0 radical (unpaired) electrons. The lowest BCUT2D eigenvalue weighted by atomic mass is 10.1. The second-order valence-electron chi connectivity index (χ2n) is 9.30. The second kappa shape index (κ2) is 11.0. The number of carbonyl (C=O) groups excluding carboxylic acids is 1. The summed E-state index contributed by atoms with van der Waals surface area (Å²) in [5.74, 6) is 1.98. The first-order valence-corrected chi connectivity index (χ1v) is 12.6. The zero-order chi connectivity index (χ0) is 24.9. The molecule has 36 heavy (non-hydrogen) atoms. The van der Waals surface area contributed by atoms with Crippen LogP contribution in [0.25, 0.3) is 21.9 Å². The molecule has 1 aliphatic rings. The highest BCUT2D eigenvalue weighted by Crippen LogP contribution is 2.31. The van der Waals surface area contributed by atoms with Crippen molar-refractivity contribution in [2.45, 2.75) is 32.1 Å². The van der Waals surface area contributed by atoms with Crippen LogP contribution in [0.3, 0.4) is 0 Å². The van der Waals surface area contributed by atoms with Gasteiger partial charge in [-0.3, -0.25) is 0 Å².